The molecule has 0 radical (unpaired) electrons. The topological polar surface area (TPSA) is 172 Å². The van der Waals surface area contributed by atoms with Crippen LogP contribution in [0.1, 0.15) is 59.4 Å². The Kier molecular flexibility index (Phi) is 10.7. The summed E-state index contributed by atoms with van der Waals surface area (Å²) in [5.74, 6) is -4.48. The first-order chi connectivity index (χ1) is 19.7. The Morgan fingerprint density at radius 1 is 0.929 bits per heavy atom. The monoisotopic (exact) mass is 611 g/mol. The summed E-state index contributed by atoms with van der Waals surface area (Å²) in [5.41, 5.74) is -1.64. The smallest absolute Gasteiger partial charge is 0.303 e. The summed E-state index contributed by atoms with van der Waals surface area (Å²) in [5, 5.41) is 11.8. The average molecular weight is 612 g/mol. The van der Waals surface area contributed by atoms with Gasteiger partial charge in [0.05, 0.1) is 5.69 Å². The fourth-order valence-corrected chi connectivity index (χ4v) is 5.38. The second-order valence-corrected chi connectivity index (χ2v) is 10.6. The minimum absolute atomic E-state index is 0.170. The van der Waals surface area contributed by atoms with Crippen LogP contribution in [-0.2, 0) is 58.1 Å². The van der Waals surface area contributed by atoms with E-state index < -0.39 is 91.1 Å². The summed E-state index contributed by atoms with van der Waals surface area (Å²) in [6.07, 6.45) is -7.43. The second kappa shape index (κ2) is 13.6. The number of Topliss-reactive ketones (excluding diaryl/α,β-unsaturated/α-hetero) is 1. The van der Waals surface area contributed by atoms with E-state index in [0.29, 0.717) is 18.7 Å². The maximum atomic E-state index is 13.5. The van der Waals surface area contributed by atoms with Crippen molar-refractivity contribution < 1.29 is 57.6 Å². The van der Waals surface area contributed by atoms with Crippen molar-refractivity contribution in [1.29, 1.82) is 0 Å². The standard InChI is InChI=1S/C28H34ClNO12/c1-6-9-30-21-8-7-18(29)10-20(21)28(37,27(30)36)12-19(35)11-22-24(39-15(3)32)26(41-17(5)34)25(40-16(4)33)23(42-22)13-38-14(2)31/h7-8,10,22-26,37H,6,9,11-13H2,1-5H3/t22-,23+,24-,25+,26+,28?/m0/s1. The SMILES string of the molecule is CCCN1C(=O)C(O)(CC(=O)C[C@@H]2O[C@H](COC(C)=O)[C@@H](OC(C)=O)[C@H](OC(C)=O)[C@H]2OC(C)=O)c2cc(Cl)ccc21. The molecule has 2 heterocycles. The number of fused-ring (bicyclic) bond motifs is 1. The summed E-state index contributed by atoms with van der Waals surface area (Å²) in [6.45, 7) is 6.09. The molecule has 230 valence electrons. The fourth-order valence-electron chi connectivity index (χ4n) is 5.20. The van der Waals surface area contributed by atoms with E-state index in [2.05, 4.69) is 0 Å². The number of esters is 4. The van der Waals surface area contributed by atoms with E-state index in [1.54, 1.807) is 12.1 Å². The molecule has 0 bridgehead atoms. The quantitative estimate of drug-likeness (QED) is 0.284. The molecule has 0 saturated carbocycles. The normalized spacial score (nSPS) is 26.7. The highest BCUT2D eigenvalue weighted by Crippen LogP contribution is 2.44. The molecule has 1 aromatic carbocycles. The number of hydrogen-bond donors (Lipinski definition) is 1. The Balaban J connectivity index is 1.96. The van der Waals surface area contributed by atoms with Crippen LogP contribution >= 0.6 is 11.6 Å². The lowest BCUT2D eigenvalue weighted by Gasteiger charge is -2.44. The third-order valence-corrected chi connectivity index (χ3v) is 6.95. The van der Waals surface area contributed by atoms with Crippen molar-refractivity contribution >= 4 is 52.9 Å². The van der Waals surface area contributed by atoms with E-state index in [1.807, 2.05) is 6.92 Å². The van der Waals surface area contributed by atoms with Crippen LogP contribution in [0.4, 0.5) is 5.69 Å². The Morgan fingerprint density at radius 3 is 2.05 bits per heavy atom. The van der Waals surface area contributed by atoms with E-state index in [-0.39, 0.29) is 10.6 Å². The highest BCUT2D eigenvalue weighted by atomic mass is 35.5. The minimum atomic E-state index is -2.23. The van der Waals surface area contributed by atoms with Gasteiger partial charge in [-0.05, 0) is 24.6 Å². The van der Waals surface area contributed by atoms with Crippen LogP contribution in [0.5, 0.6) is 0 Å². The van der Waals surface area contributed by atoms with Crippen LogP contribution in [0.25, 0.3) is 0 Å². The van der Waals surface area contributed by atoms with Gasteiger partial charge in [0.1, 0.15) is 24.6 Å². The molecule has 0 spiro atoms. The van der Waals surface area contributed by atoms with Crippen molar-refractivity contribution in [2.45, 2.75) is 90.0 Å². The number of anilines is 1. The Hall–Kier alpha value is -3.55. The van der Waals surface area contributed by atoms with E-state index in [0.717, 1.165) is 27.7 Å². The van der Waals surface area contributed by atoms with Gasteiger partial charge in [0.2, 0.25) is 0 Å². The lowest BCUT2D eigenvalue weighted by molar-refractivity contribution is -0.252. The van der Waals surface area contributed by atoms with Crippen molar-refractivity contribution in [2.75, 3.05) is 18.1 Å². The summed E-state index contributed by atoms with van der Waals surface area (Å²) in [7, 11) is 0. The summed E-state index contributed by atoms with van der Waals surface area (Å²) < 4.78 is 27.1. The van der Waals surface area contributed by atoms with E-state index in [9.17, 15) is 33.9 Å². The van der Waals surface area contributed by atoms with Crippen molar-refractivity contribution in [3.8, 4) is 0 Å². The molecule has 13 nitrogen and oxygen atoms in total. The number of amides is 1. The predicted molar refractivity (Wildman–Crippen MR) is 144 cm³/mol. The highest BCUT2D eigenvalue weighted by molar-refractivity contribution is 6.31. The third kappa shape index (κ3) is 7.44. The number of nitrogens with zero attached hydrogens (tertiary/aromatic N) is 1. The van der Waals surface area contributed by atoms with Crippen molar-refractivity contribution in [3.05, 3.63) is 28.8 Å². The first-order valence-corrected chi connectivity index (χ1v) is 13.7. The molecule has 1 N–H and O–H groups in total. The molecular formula is C28H34ClNO12. The van der Waals surface area contributed by atoms with Gasteiger partial charge in [0.25, 0.3) is 5.91 Å². The summed E-state index contributed by atoms with van der Waals surface area (Å²) in [6, 6.07) is 4.58. The molecule has 3 rings (SSSR count). The van der Waals surface area contributed by atoms with Gasteiger partial charge in [-0.25, -0.2) is 0 Å². The molecule has 1 aromatic rings. The Bertz CT molecular complexity index is 1250. The van der Waals surface area contributed by atoms with Crippen LogP contribution in [0.2, 0.25) is 5.02 Å². The van der Waals surface area contributed by atoms with Gasteiger partial charge in [0.15, 0.2) is 23.9 Å². The molecule has 42 heavy (non-hydrogen) atoms. The summed E-state index contributed by atoms with van der Waals surface area (Å²) >= 11 is 6.15. The second-order valence-electron chi connectivity index (χ2n) is 10.1. The van der Waals surface area contributed by atoms with E-state index in [1.165, 1.54) is 11.0 Å². The largest absolute Gasteiger partial charge is 0.463 e. The lowest BCUT2D eigenvalue weighted by atomic mass is 9.86. The van der Waals surface area contributed by atoms with Gasteiger partial charge in [0, 0.05) is 57.7 Å². The average Bonchev–Trinajstić information content (AvgIpc) is 3.07. The number of carbonyl (C=O) groups is 6. The number of rotatable bonds is 11. The van der Waals surface area contributed by atoms with Gasteiger partial charge >= 0.3 is 23.9 Å². The molecule has 14 heteroatoms. The first-order valence-electron chi connectivity index (χ1n) is 13.3. The predicted octanol–water partition coefficient (Wildman–Crippen LogP) is 1.76. The summed E-state index contributed by atoms with van der Waals surface area (Å²) in [4.78, 5) is 75.8. The zero-order valence-electron chi connectivity index (χ0n) is 23.9. The lowest BCUT2D eigenvalue weighted by Crippen LogP contribution is -2.62. The number of halogens is 1. The minimum Gasteiger partial charge on any atom is -0.463 e. The van der Waals surface area contributed by atoms with Gasteiger partial charge in [-0.2, -0.15) is 0 Å². The maximum Gasteiger partial charge on any atom is 0.303 e. The molecule has 1 fully saturated rings. The van der Waals surface area contributed by atoms with Gasteiger partial charge in [-0.3, -0.25) is 28.8 Å². The first kappa shape index (κ1) is 33.0. The Labute approximate surface area is 247 Å². The third-order valence-electron chi connectivity index (χ3n) is 6.71. The number of hydrogen-bond acceptors (Lipinski definition) is 12. The molecule has 0 aliphatic carbocycles. The Morgan fingerprint density at radius 2 is 1.50 bits per heavy atom. The molecule has 6 atom stereocenters. The van der Waals surface area contributed by atoms with Crippen LogP contribution < -0.4 is 4.90 Å². The zero-order chi connectivity index (χ0) is 31.4. The van der Waals surface area contributed by atoms with Crippen LogP contribution in [-0.4, -0.2) is 84.3 Å². The van der Waals surface area contributed by atoms with Crippen LogP contribution in [0.15, 0.2) is 18.2 Å². The fraction of sp³-hybridized carbons (Fsp3) is 0.571. The van der Waals surface area contributed by atoms with Gasteiger partial charge in [-0.15, -0.1) is 0 Å². The molecule has 1 amide bonds. The molecule has 0 aromatic heterocycles. The number of carbonyl (C=O) groups excluding carboxylic acids is 6. The van der Waals surface area contributed by atoms with Crippen molar-refractivity contribution in [3.63, 3.8) is 0 Å². The maximum absolute atomic E-state index is 13.5. The molecular weight excluding hydrogens is 578 g/mol. The number of aliphatic hydroxyl groups is 1. The van der Waals surface area contributed by atoms with Crippen molar-refractivity contribution in [1.82, 2.24) is 0 Å². The molecule has 1 saturated heterocycles. The molecule has 1 unspecified atom stereocenters. The highest BCUT2D eigenvalue weighted by Gasteiger charge is 2.54. The van der Waals surface area contributed by atoms with Gasteiger partial charge in [-0.1, -0.05) is 18.5 Å². The molecule has 2 aliphatic rings. The van der Waals surface area contributed by atoms with E-state index >= 15 is 0 Å². The van der Waals surface area contributed by atoms with Crippen LogP contribution in [0.3, 0.4) is 0 Å². The molecule has 2 aliphatic heterocycles. The van der Waals surface area contributed by atoms with Crippen molar-refractivity contribution in [2.24, 2.45) is 0 Å². The number of ether oxygens (including phenoxy) is 5. The van der Waals surface area contributed by atoms with E-state index in [4.69, 9.17) is 35.3 Å². The zero-order valence-corrected chi connectivity index (χ0v) is 24.7. The number of ketones is 1. The number of benzene rings is 1. The van der Waals surface area contributed by atoms with Gasteiger partial charge < -0.3 is 33.7 Å². The van der Waals surface area contributed by atoms with Crippen LogP contribution in [0, 0.1) is 0 Å².